The van der Waals surface area contributed by atoms with E-state index in [1.165, 1.54) is 0 Å². The Hall–Kier alpha value is -0.550. The lowest BCUT2D eigenvalue weighted by Gasteiger charge is -2.06. The zero-order valence-electron chi connectivity index (χ0n) is 8.90. The van der Waals surface area contributed by atoms with Gasteiger partial charge in [0.05, 0.1) is 17.1 Å². The monoisotopic (exact) mass is 245 g/mol. The van der Waals surface area contributed by atoms with Crippen molar-refractivity contribution in [3.63, 3.8) is 0 Å². The number of carbonyl (C=O) groups is 1. The first-order chi connectivity index (χ1) is 7.11. The van der Waals surface area contributed by atoms with Crippen molar-refractivity contribution in [1.82, 2.24) is 4.98 Å². The van der Waals surface area contributed by atoms with Crippen molar-refractivity contribution in [2.24, 2.45) is 0 Å². The largest absolute Gasteiger partial charge is 0.481 e. The van der Waals surface area contributed by atoms with Crippen LogP contribution in [-0.4, -0.2) is 21.3 Å². The summed E-state index contributed by atoms with van der Waals surface area (Å²) >= 11 is 3.32. The summed E-state index contributed by atoms with van der Waals surface area (Å²) in [4.78, 5) is 14.9. The van der Waals surface area contributed by atoms with Crippen LogP contribution in [0.2, 0.25) is 0 Å². The fourth-order valence-electron chi connectivity index (χ4n) is 1.11. The van der Waals surface area contributed by atoms with Gasteiger partial charge in [-0.25, -0.2) is 4.98 Å². The van der Waals surface area contributed by atoms with Crippen molar-refractivity contribution in [3.05, 3.63) is 16.1 Å². The van der Waals surface area contributed by atoms with Gasteiger partial charge < -0.3 is 5.11 Å². The highest BCUT2D eigenvalue weighted by atomic mass is 32.2. The molecule has 0 aromatic carbocycles. The molecule has 1 aromatic heterocycles. The molecular formula is C10H15NO2S2. The van der Waals surface area contributed by atoms with Crippen LogP contribution in [0, 0.1) is 0 Å². The van der Waals surface area contributed by atoms with Gasteiger partial charge in [-0.15, -0.1) is 11.3 Å². The van der Waals surface area contributed by atoms with Gasteiger partial charge in [0.15, 0.2) is 0 Å². The standard InChI is InChI=1S/C10H15NO2S2/c1-3-9-11-8(6-15-9)5-14-7(2)4-10(12)13/h6-7H,3-5H2,1-2H3,(H,12,13). The van der Waals surface area contributed by atoms with Crippen LogP contribution in [0.4, 0.5) is 0 Å². The van der Waals surface area contributed by atoms with E-state index >= 15 is 0 Å². The highest BCUT2D eigenvalue weighted by Gasteiger charge is 2.09. The van der Waals surface area contributed by atoms with Crippen LogP contribution in [0.1, 0.15) is 31.0 Å². The number of carboxylic acid groups (broad SMARTS) is 1. The van der Waals surface area contributed by atoms with E-state index in [1.54, 1.807) is 23.1 Å². The molecule has 1 atom stereocenters. The second kappa shape index (κ2) is 6.12. The van der Waals surface area contributed by atoms with E-state index in [-0.39, 0.29) is 11.7 Å². The van der Waals surface area contributed by atoms with Gasteiger partial charge in [-0.3, -0.25) is 4.79 Å². The van der Waals surface area contributed by atoms with Crippen LogP contribution in [0.25, 0.3) is 0 Å². The van der Waals surface area contributed by atoms with Crippen LogP contribution < -0.4 is 0 Å². The third-order valence-corrected chi connectivity index (χ3v) is 4.12. The molecule has 0 fully saturated rings. The number of nitrogens with zero attached hydrogens (tertiary/aromatic N) is 1. The summed E-state index contributed by atoms with van der Waals surface area (Å²) in [5.74, 6) is 0.0767. The van der Waals surface area contributed by atoms with E-state index in [0.29, 0.717) is 0 Å². The molecule has 0 aliphatic carbocycles. The molecular weight excluding hydrogens is 230 g/mol. The Kier molecular flexibility index (Phi) is 5.11. The summed E-state index contributed by atoms with van der Waals surface area (Å²) in [6.45, 7) is 4.02. The maximum Gasteiger partial charge on any atom is 0.304 e. The minimum Gasteiger partial charge on any atom is -0.481 e. The highest BCUT2D eigenvalue weighted by molar-refractivity contribution is 7.99. The number of aliphatic carboxylic acids is 1. The smallest absolute Gasteiger partial charge is 0.304 e. The number of carboxylic acids is 1. The van der Waals surface area contributed by atoms with Gasteiger partial charge in [-0.05, 0) is 6.42 Å². The van der Waals surface area contributed by atoms with E-state index in [4.69, 9.17) is 5.11 Å². The zero-order valence-corrected chi connectivity index (χ0v) is 10.5. The van der Waals surface area contributed by atoms with Gasteiger partial charge in [0.2, 0.25) is 0 Å². The number of rotatable bonds is 6. The average molecular weight is 245 g/mol. The van der Waals surface area contributed by atoms with Gasteiger partial charge in [0, 0.05) is 16.4 Å². The molecule has 1 N–H and O–H groups in total. The maximum absolute atomic E-state index is 10.4. The summed E-state index contributed by atoms with van der Waals surface area (Å²) in [6, 6.07) is 0. The quantitative estimate of drug-likeness (QED) is 0.837. The Morgan fingerprint density at radius 2 is 2.47 bits per heavy atom. The predicted molar refractivity (Wildman–Crippen MR) is 64.5 cm³/mol. The van der Waals surface area contributed by atoms with Gasteiger partial charge in [0.25, 0.3) is 0 Å². The lowest BCUT2D eigenvalue weighted by atomic mass is 10.3. The summed E-state index contributed by atoms with van der Waals surface area (Å²) in [7, 11) is 0. The number of thiazole rings is 1. The minimum absolute atomic E-state index is 0.147. The van der Waals surface area contributed by atoms with Crippen molar-refractivity contribution in [2.45, 2.75) is 37.7 Å². The number of hydrogen-bond acceptors (Lipinski definition) is 4. The number of thioether (sulfide) groups is 1. The normalized spacial score (nSPS) is 12.7. The Balaban J connectivity index is 2.33. The molecule has 3 nitrogen and oxygen atoms in total. The Morgan fingerprint density at radius 1 is 1.73 bits per heavy atom. The van der Waals surface area contributed by atoms with Crippen LogP contribution >= 0.6 is 23.1 Å². The van der Waals surface area contributed by atoms with E-state index in [1.807, 2.05) is 6.92 Å². The lowest BCUT2D eigenvalue weighted by Crippen LogP contribution is -2.05. The summed E-state index contributed by atoms with van der Waals surface area (Å²) < 4.78 is 0. The topological polar surface area (TPSA) is 50.2 Å². The van der Waals surface area contributed by atoms with Crippen molar-refractivity contribution in [1.29, 1.82) is 0 Å². The predicted octanol–water partition coefficient (Wildman–Crippen LogP) is 2.80. The van der Waals surface area contributed by atoms with Crippen molar-refractivity contribution < 1.29 is 9.90 Å². The Bertz CT molecular complexity index is 325. The van der Waals surface area contributed by atoms with Gasteiger partial charge in [-0.2, -0.15) is 11.8 Å². The van der Waals surface area contributed by atoms with Crippen LogP contribution in [0.5, 0.6) is 0 Å². The third kappa shape index (κ3) is 4.66. The lowest BCUT2D eigenvalue weighted by molar-refractivity contribution is -0.136. The number of hydrogen-bond donors (Lipinski definition) is 1. The second-order valence-electron chi connectivity index (χ2n) is 3.31. The molecule has 5 heteroatoms. The molecule has 15 heavy (non-hydrogen) atoms. The minimum atomic E-state index is -0.734. The fourth-order valence-corrected chi connectivity index (χ4v) is 2.82. The van der Waals surface area contributed by atoms with Gasteiger partial charge in [0.1, 0.15) is 0 Å². The molecule has 0 saturated carbocycles. The first-order valence-corrected chi connectivity index (χ1v) is 6.81. The molecule has 0 bridgehead atoms. The first kappa shape index (κ1) is 12.5. The molecule has 1 aromatic rings. The Morgan fingerprint density at radius 3 is 3.00 bits per heavy atom. The molecule has 0 spiro atoms. The molecule has 84 valence electrons. The Labute approximate surface area is 97.9 Å². The molecule has 1 heterocycles. The van der Waals surface area contributed by atoms with Gasteiger partial charge >= 0.3 is 5.97 Å². The SMILES string of the molecule is CCc1nc(CSC(C)CC(=O)O)cs1. The molecule has 0 amide bonds. The van der Waals surface area contributed by atoms with Crippen LogP contribution in [0.3, 0.4) is 0 Å². The molecule has 0 aliphatic heterocycles. The fraction of sp³-hybridized carbons (Fsp3) is 0.600. The average Bonchev–Trinajstić information content (AvgIpc) is 2.61. The summed E-state index contributed by atoms with van der Waals surface area (Å²) in [6.07, 6.45) is 1.19. The third-order valence-electron chi connectivity index (χ3n) is 1.88. The van der Waals surface area contributed by atoms with E-state index in [2.05, 4.69) is 17.3 Å². The van der Waals surface area contributed by atoms with E-state index in [9.17, 15) is 4.79 Å². The van der Waals surface area contributed by atoms with Crippen molar-refractivity contribution >= 4 is 29.1 Å². The number of aromatic nitrogens is 1. The molecule has 1 rings (SSSR count). The molecule has 0 aliphatic rings. The van der Waals surface area contributed by atoms with E-state index in [0.717, 1.165) is 22.9 Å². The number of aryl methyl sites for hydroxylation is 1. The summed E-state index contributed by atoms with van der Waals surface area (Å²) in [5.41, 5.74) is 1.07. The maximum atomic E-state index is 10.4. The molecule has 0 saturated heterocycles. The highest BCUT2D eigenvalue weighted by Crippen LogP contribution is 2.21. The molecule has 0 radical (unpaired) electrons. The van der Waals surface area contributed by atoms with Gasteiger partial charge in [-0.1, -0.05) is 13.8 Å². The van der Waals surface area contributed by atoms with Crippen LogP contribution in [0.15, 0.2) is 5.38 Å². The molecule has 1 unspecified atom stereocenters. The van der Waals surface area contributed by atoms with Crippen molar-refractivity contribution in [3.8, 4) is 0 Å². The van der Waals surface area contributed by atoms with Crippen LogP contribution in [-0.2, 0) is 17.0 Å². The van der Waals surface area contributed by atoms with Crippen molar-refractivity contribution in [2.75, 3.05) is 0 Å². The first-order valence-electron chi connectivity index (χ1n) is 4.88. The van der Waals surface area contributed by atoms with E-state index < -0.39 is 5.97 Å². The second-order valence-corrected chi connectivity index (χ2v) is 5.68. The zero-order chi connectivity index (χ0) is 11.3. The summed E-state index contributed by atoms with van der Waals surface area (Å²) in [5, 5.41) is 11.9.